The first-order chi connectivity index (χ1) is 20.8. The Hall–Kier alpha value is -4.61. The molecule has 1 amide bonds. The second-order valence-corrected chi connectivity index (χ2v) is 9.21. The summed E-state index contributed by atoms with van der Waals surface area (Å²) in [6.45, 7) is 8.37. The van der Waals surface area contributed by atoms with E-state index >= 15 is 0 Å². The van der Waals surface area contributed by atoms with Crippen LogP contribution in [0.3, 0.4) is 0 Å². The number of ether oxygens (including phenoxy) is 1. The summed E-state index contributed by atoms with van der Waals surface area (Å²) in [5.74, 6) is -4.17. The SMILES string of the molecule is CCCn1c(CN)[n+](CC)c2ccc(OCC(=O)N(C)Cc3nc(C)ccc3O)cc21.O=C(O)C(F)(F)F.O=C([O-])C(F)(F)F. The van der Waals surface area contributed by atoms with Crippen LogP contribution in [-0.2, 0) is 40.6 Å². The molecule has 0 aliphatic heterocycles. The van der Waals surface area contributed by atoms with Gasteiger partial charge in [-0.2, -0.15) is 26.3 Å². The number of nitrogens with zero attached hydrogens (tertiary/aromatic N) is 4. The lowest BCUT2D eigenvalue weighted by Gasteiger charge is -2.18. The summed E-state index contributed by atoms with van der Waals surface area (Å²) in [4.78, 5) is 36.0. The molecular weight excluding hydrogens is 620 g/mol. The number of carbonyl (C=O) groups excluding carboxylic acids is 2. The summed E-state index contributed by atoms with van der Waals surface area (Å²) >= 11 is 0. The number of aromatic nitrogens is 3. The molecule has 0 aliphatic rings. The minimum absolute atomic E-state index is 0.0771. The largest absolute Gasteiger partial charge is 0.542 e. The third-order valence-electron chi connectivity index (χ3n) is 5.84. The Morgan fingerprint density at radius 3 is 2.13 bits per heavy atom. The number of amides is 1. The van der Waals surface area contributed by atoms with Crippen molar-refractivity contribution in [2.75, 3.05) is 13.7 Å². The number of aliphatic carboxylic acids is 2. The van der Waals surface area contributed by atoms with Crippen molar-refractivity contribution in [3.63, 3.8) is 0 Å². The third-order valence-corrected chi connectivity index (χ3v) is 5.84. The van der Waals surface area contributed by atoms with Gasteiger partial charge in [-0.3, -0.25) is 9.78 Å². The Balaban J connectivity index is 0.000000601. The molecule has 0 saturated carbocycles. The molecule has 12 nitrogen and oxygen atoms in total. The van der Waals surface area contributed by atoms with Crippen LogP contribution in [0.5, 0.6) is 11.5 Å². The maximum atomic E-state index is 12.6. The van der Waals surface area contributed by atoms with E-state index in [0.29, 0.717) is 18.0 Å². The molecule has 3 rings (SSSR count). The summed E-state index contributed by atoms with van der Waals surface area (Å²) in [7, 11) is 1.67. The van der Waals surface area contributed by atoms with Crippen molar-refractivity contribution in [1.29, 1.82) is 0 Å². The molecule has 45 heavy (non-hydrogen) atoms. The molecule has 2 heterocycles. The number of pyridine rings is 1. The molecule has 0 aliphatic carbocycles. The van der Waals surface area contributed by atoms with Crippen LogP contribution in [0.15, 0.2) is 30.3 Å². The van der Waals surface area contributed by atoms with E-state index in [2.05, 4.69) is 28.0 Å². The van der Waals surface area contributed by atoms with Gasteiger partial charge in [0.15, 0.2) is 17.6 Å². The summed E-state index contributed by atoms with van der Waals surface area (Å²) in [5.41, 5.74) is 9.44. The third kappa shape index (κ3) is 11.4. The number of carboxylic acids is 2. The van der Waals surface area contributed by atoms with Crippen LogP contribution in [0, 0.1) is 6.92 Å². The highest BCUT2D eigenvalue weighted by molar-refractivity contribution is 5.78. The molecule has 0 atom stereocenters. The van der Waals surface area contributed by atoms with E-state index in [1.165, 1.54) is 4.90 Å². The summed E-state index contributed by atoms with van der Waals surface area (Å²) in [6, 6.07) is 9.18. The highest BCUT2D eigenvalue weighted by atomic mass is 19.4. The van der Waals surface area contributed by atoms with Gasteiger partial charge in [-0.15, -0.1) is 0 Å². The zero-order valence-electron chi connectivity index (χ0n) is 24.7. The van der Waals surface area contributed by atoms with Gasteiger partial charge in [-0.05, 0) is 44.5 Å². The van der Waals surface area contributed by atoms with Crippen molar-refractivity contribution in [2.45, 2.75) is 65.7 Å². The number of alkyl halides is 6. The average molecular weight is 654 g/mol. The van der Waals surface area contributed by atoms with Crippen LogP contribution in [0.4, 0.5) is 26.3 Å². The van der Waals surface area contributed by atoms with E-state index in [4.69, 9.17) is 30.3 Å². The quantitative estimate of drug-likeness (QED) is 0.231. The van der Waals surface area contributed by atoms with Crippen molar-refractivity contribution < 1.29 is 65.3 Å². The van der Waals surface area contributed by atoms with Gasteiger partial charge in [-0.1, -0.05) is 6.92 Å². The number of nitrogens with two attached hydrogens (primary N) is 1. The van der Waals surface area contributed by atoms with E-state index in [1.807, 2.05) is 25.1 Å². The lowest BCUT2D eigenvalue weighted by Crippen LogP contribution is -2.38. The zero-order valence-corrected chi connectivity index (χ0v) is 24.7. The summed E-state index contributed by atoms with van der Waals surface area (Å²) in [6.07, 6.45) is -9.28. The molecule has 1 aromatic carbocycles. The van der Waals surface area contributed by atoms with Gasteiger partial charge in [0.1, 0.15) is 23.2 Å². The van der Waals surface area contributed by atoms with Gasteiger partial charge in [0, 0.05) is 18.8 Å². The Morgan fingerprint density at radius 1 is 1.09 bits per heavy atom. The number of carbonyl (C=O) groups is 3. The molecule has 0 bridgehead atoms. The van der Waals surface area contributed by atoms with Gasteiger partial charge in [0.2, 0.25) is 0 Å². The molecule has 2 aromatic heterocycles. The van der Waals surface area contributed by atoms with Gasteiger partial charge in [0.25, 0.3) is 11.7 Å². The number of likely N-dealkylation sites (N-methyl/N-ethyl adjacent to an activating group) is 1. The lowest BCUT2D eigenvalue weighted by molar-refractivity contribution is -0.676. The van der Waals surface area contributed by atoms with Crippen molar-refractivity contribution in [3.05, 3.63) is 47.5 Å². The Kier molecular flexibility index (Phi) is 14.1. The Bertz CT molecular complexity index is 1450. The average Bonchev–Trinajstić information content (AvgIpc) is 3.25. The molecule has 0 fully saturated rings. The smallest absolute Gasteiger partial charge is 0.490 e. The number of hydrogen-bond donors (Lipinski definition) is 3. The van der Waals surface area contributed by atoms with Gasteiger partial charge < -0.3 is 35.5 Å². The van der Waals surface area contributed by atoms with Gasteiger partial charge in [-0.25, -0.2) is 13.9 Å². The molecular formula is C27H33F6N5O7. The van der Waals surface area contributed by atoms with E-state index in [0.717, 1.165) is 42.1 Å². The number of aryl methyl sites for hydroxylation is 3. The number of fused-ring (bicyclic) bond motifs is 1. The number of hydrogen-bond acceptors (Lipinski definition) is 8. The van der Waals surface area contributed by atoms with Crippen molar-refractivity contribution in [1.82, 2.24) is 14.5 Å². The van der Waals surface area contributed by atoms with E-state index < -0.39 is 24.3 Å². The van der Waals surface area contributed by atoms with Gasteiger partial charge in [0.05, 0.1) is 26.2 Å². The first-order valence-electron chi connectivity index (χ1n) is 13.1. The molecule has 0 spiro atoms. The van der Waals surface area contributed by atoms with Crippen molar-refractivity contribution in [3.8, 4) is 11.5 Å². The first-order valence-corrected chi connectivity index (χ1v) is 13.1. The molecule has 3 aromatic rings. The highest BCUT2D eigenvalue weighted by Crippen LogP contribution is 2.22. The second-order valence-electron chi connectivity index (χ2n) is 9.21. The van der Waals surface area contributed by atoms with E-state index in [1.54, 1.807) is 19.2 Å². The molecule has 0 unspecified atom stereocenters. The lowest BCUT2D eigenvalue weighted by atomic mass is 10.2. The summed E-state index contributed by atoms with van der Waals surface area (Å²) in [5, 5.41) is 25.9. The van der Waals surface area contributed by atoms with E-state index in [9.17, 15) is 36.2 Å². The predicted molar refractivity (Wildman–Crippen MR) is 143 cm³/mol. The molecule has 0 saturated heterocycles. The maximum Gasteiger partial charge on any atom is 0.490 e. The van der Waals surface area contributed by atoms with Crippen molar-refractivity contribution >= 4 is 28.9 Å². The van der Waals surface area contributed by atoms with Crippen LogP contribution in [0.2, 0.25) is 0 Å². The normalized spacial score (nSPS) is 11.2. The number of halogens is 6. The monoisotopic (exact) mass is 653 g/mol. The molecule has 0 radical (unpaired) electrons. The van der Waals surface area contributed by atoms with Crippen LogP contribution < -0.4 is 20.1 Å². The Morgan fingerprint density at radius 2 is 1.67 bits per heavy atom. The number of rotatable bonds is 9. The maximum absolute atomic E-state index is 12.6. The Labute approximate surface area is 253 Å². The molecule has 250 valence electrons. The predicted octanol–water partition coefficient (Wildman–Crippen LogP) is 2.20. The molecule has 18 heteroatoms. The van der Waals surface area contributed by atoms with Crippen LogP contribution >= 0.6 is 0 Å². The fraction of sp³-hybridized carbons (Fsp3) is 0.444. The number of carboxylic acid groups (broad SMARTS) is 2. The zero-order chi connectivity index (χ0) is 34.7. The minimum Gasteiger partial charge on any atom is -0.542 e. The topological polar surface area (TPSA) is 175 Å². The van der Waals surface area contributed by atoms with Gasteiger partial charge >= 0.3 is 18.3 Å². The second kappa shape index (κ2) is 16.5. The molecule has 4 N–H and O–H groups in total. The standard InChI is InChI=1S/C23H31N5O3.2C2HF3O2/c1-5-11-28-20-12-17(8-9-19(20)27(6-2)22(28)13-24)31-15-23(30)26(4)14-18-21(29)10-7-16(3)25-18;2*3-2(4,5)1(6)7/h7-10,12H,5-6,11,13-15,24H2,1-4H3;2*(H,6,7). The number of imidazole rings is 1. The number of benzene rings is 1. The summed E-state index contributed by atoms with van der Waals surface area (Å²) < 4.78 is 73.5. The van der Waals surface area contributed by atoms with Crippen LogP contribution in [-0.4, -0.2) is 68.5 Å². The number of aromatic hydroxyl groups is 1. The van der Waals surface area contributed by atoms with Crippen LogP contribution in [0.25, 0.3) is 11.0 Å². The fourth-order valence-corrected chi connectivity index (χ4v) is 3.80. The minimum atomic E-state index is -5.19. The van der Waals surface area contributed by atoms with E-state index in [-0.39, 0.29) is 24.8 Å². The van der Waals surface area contributed by atoms with Crippen LogP contribution in [0.1, 0.15) is 37.5 Å². The fourth-order valence-electron chi connectivity index (χ4n) is 3.80. The first kappa shape index (κ1) is 38.4. The van der Waals surface area contributed by atoms with Crippen molar-refractivity contribution in [2.24, 2.45) is 5.73 Å². The highest BCUT2D eigenvalue weighted by Gasteiger charge is 2.38.